The number of methoxy groups -OCH3 is 4. The van der Waals surface area contributed by atoms with E-state index in [9.17, 15) is 14.4 Å². The standard InChI is InChI=1S/C27H26ClN3O8/c1-35-21-11-16(14-30-31-24(32)15-29-26(33)17-6-8-19(28)9-7-17)5-10-20(21)39-27(34)18-12-22(36-2)25(38-4)23(13-18)37-3/h5-14H,15H2,1-4H3,(H,29,33)(H,31,32). The number of nitrogens with one attached hydrogen (secondary N) is 2. The van der Waals surface area contributed by atoms with Gasteiger partial charge in [0.1, 0.15) is 0 Å². The monoisotopic (exact) mass is 555 g/mol. The van der Waals surface area contributed by atoms with E-state index in [0.717, 1.165) is 0 Å². The van der Waals surface area contributed by atoms with Crippen LogP contribution in [0, 0.1) is 0 Å². The fourth-order valence-corrected chi connectivity index (χ4v) is 3.41. The van der Waals surface area contributed by atoms with Crippen molar-refractivity contribution in [2.75, 3.05) is 35.0 Å². The lowest BCUT2D eigenvalue weighted by molar-refractivity contribution is -0.120. The Morgan fingerprint density at radius 1 is 0.795 bits per heavy atom. The van der Waals surface area contributed by atoms with Crippen LogP contribution in [0.4, 0.5) is 0 Å². The second-order valence-electron chi connectivity index (χ2n) is 7.70. The number of halogens is 1. The van der Waals surface area contributed by atoms with E-state index in [1.54, 1.807) is 36.4 Å². The molecule has 0 saturated heterocycles. The zero-order chi connectivity index (χ0) is 28.4. The maximum absolute atomic E-state index is 12.8. The first-order valence-corrected chi connectivity index (χ1v) is 11.7. The molecule has 0 aromatic heterocycles. The molecule has 0 saturated carbocycles. The van der Waals surface area contributed by atoms with E-state index in [-0.39, 0.29) is 23.6 Å². The minimum atomic E-state index is -0.679. The molecule has 3 aromatic rings. The van der Waals surface area contributed by atoms with Crippen LogP contribution in [-0.2, 0) is 4.79 Å². The third-order valence-corrected chi connectivity index (χ3v) is 5.46. The molecule has 0 fully saturated rings. The Bertz CT molecular complexity index is 1350. The highest BCUT2D eigenvalue weighted by Crippen LogP contribution is 2.38. The van der Waals surface area contributed by atoms with Crippen molar-refractivity contribution in [3.63, 3.8) is 0 Å². The summed E-state index contributed by atoms with van der Waals surface area (Å²) >= 11 is 5.80. The SMILES string of the molecule is COc1cc(C=NNC(=O)CNC(=O)c2ccc(Cl)cc2)ccc1OC(=O)c1cc(OC)c(OC)c(OC)c1. The van der Waals surface area contributed by atoms with E-state index in [1.807, 2.05) is 0 Å². The molecule has 0 radical (unpaired) electrons. The highest BCUT2D eigenvalue weighted by Gasteiger charge is 2.19. The third kappa shape index (κ3) is 7.62. The molecule has 0 aliphatic rings. The van der Waals surface area contributed by atoms with Gasteiger partial charge in [-0.2, -0.15) is 5.10 Å². The van der Waals surface area contributed by atoms with Crippen LogP contribution in [0.15, 0.2) is 59.7 Å². The van der Waals surface area contributed by atoms with Gasteiger partial charge < -0.3 is 29.0 Å². The third-order valence-electron chi connectivity index (χ3n) is 5.21. The number of hydrogen-bond acceptors (Lipinski definition) is 9. The number of benzene rings is 3. The normalized spacial score (nSPS) is 10.5. The van der Waals surface area contributed by atoms with Crippen molar-refractivity contribution >= 4 is 35.6 Å². The van der Waals surface area contributed by atoms with Gasteiger partial charge in [0.05, 0.1) is 46.8 Å². The predicted octanol–water partition coefficient (Wildman–Crippen LogP) is 3.47. The number of hydrazone groups is 1. The van der Waals surface area contributed by atoms with E-state index in [4.69, 9.17) is 35.3 Å². The van der Waals surface area contributed by atoms with Crippen molar-refractivity contribution in [3.8, 4) is 28.7 Å². The first-order chi connectivity index (χ1) is 18.8. The molecule has 12 heteroatoms. The topological polar surface area (TPSA) is 134 Å². The van der Waals surface area contributed by atoms with Gasteiger partial charge in [-0.15, -0.1) is 0 Å². The minimum Gasteiger partial charge on any atom is -0.493 e. The van der Waals surface area contributed by atoms with Gasteiger partial charge in [0.2, 0.25) is 5.75 Å². The van der Waals surface area contributed by atoms with Crippen molar-refractivity contribution in [2.45, 2.75) is 0 Å². The minimum absolute atomic E-state index is 0.155. The average Bonchev–Trinajstić information content (AvgIpc) is 2.95. The maximum atomic E-state index is 12.8. The summed E-state index contributed by atoms with van der Waals surface area (Å²) in [6.07, 6.45) is 1.37. The highest BCUT2D eigenvalue weighted by atomic mass is 35.5. The van der Waals surface area contributed by atoms with E-state index < -0.39 is 17.8 Å². The Hall–Kier alpha value is -4.77. The molecule has 204 valence electrons. The summed E-state index contributed by atoms with van der Waals surface area (Å²) in [5.74, 6) is -0.286. The van der Waals surface area contributed by atoms with Gasteiger partial charge in [-0.25, -0.2) is 10.2 Å². The summed E-state index contributed by atoms with van der Waals surface area (Å²) < 4.78 is 26.7. The average molecular weight is 556 g/mol. The van der Waals surface area contributed by atoms with Gasteiger partial charge in [-0.3, -0.25) is 9.59 Å². The van der Waals surface area contributed by atoms with Crippen LogP contribution in [-0.4, -0.2) is 59.0 Å². The number of nitrogens with zero attached hydrogens (tertiary/aromatic N) is 1. The van der Waals surface area contributed by atoms with Crippen LogP contribution < -0.4 is 34.4 Å². The molecule has 2 amide bonds. The van der Waals surface area contributed by atoms with E-state index in [1.165, 1.54) is 52.9 Å². The molecule has 0 unspecified atom stereocenters. The Kier molecular flexibility index (Phi) is 10.1. The molecule has 0 aliphatic heterocycles. The Balaban J connectivity index is 1.61. The van der Waals surface area contributed by atoms with Crippen LogP contribution in [0.3, 0.4) is 0 Å². The summed E-state index contributed by atoms with van der Waals surface area (Å²) in [6, 6.07) is 13.9. The molecular weight excluding hydrogens is 530 g/mol. The Morgan fingerprint density at radius 2 is 1.44 bits per heavy atom. The fraction of sp³-hybridized carbons (Fsp3) is 0.185. The van der Waals surface area contributed by atoms with E-state index in [0.29, 0.717) is 33.4 Å². The fourth-order valence-electron chi connectivity index (χ4n) is 3.29. The lowest BCUT2D eigenvalue weighted by Crippen LogP contribution is -2.34. The second kappa shape index (κ2) is 13.7. The van der Waals surface area contributed by atoms with Crippen molar-refractivity contribution in [1.82, 2.24) is 10.7 Å². The van der Waals surface area contributed by atoms with Gasteiger partial charge in [-0.05, 0) is 60.2 Å². The summed E-state index contributed by atoms with van der Waals surface area (Å²) in [6.45, 7) is -0.280. The molecule has 0 aliphatic carbocycles. The van der Waals surface area contributed by atoms with Crippen LogP contribution in [0.2, 0.25) is 5.02 Å². The van der Waals surface area contributed by atoms with E-state index in [2.05, 4.69) is 15.8 Å². The summed E-state index contributed by atoms with van der Waals surface area (Å²) in [4.78, 5) is 36.9. The van der Waals surface area contributed by atoms with Crippen LogP contribution >= 0.6 is 11.6 Å². The molecular formula is C27H26ClN3O8. The Labute approximate surface area is 229 Å². The highest BCUT2D eigenvalue weighted by molar-refractivity contribution is 6.30. The molecule has 0 heterocycles. The number of carbonyl (C=O) groups is 3. The zero-order valence-corrected chi connectivity index (χ0v) is 22.3. The smallest absolute Gasteiger partial charge is 0.343 e. The van der Waals surface area contributed by atoms with Crippen molar-refractivity contribution < 1.29 is 38.1 Å². The number of amides is 2. The summed E-state index contributed by atoms with van der Waals surface area (Å²) in [5, 5.41) is 6.86. The quantitative estimate of drug-likeness (QED) is 0.159. The summed E-state index contributed by atoms with van der Waals surface area (Å²) in [7, 11) is 5.75. The zero-order valence-electron chi connectivity index (χ0n) is 21.6. The van der Waals surface area contributed by atoms with E-state index >= 15 is 0 Å². The number of hydrogen-bond donors (Lipinski definition) is 2. The molecule has 0 atom stereocenters. The number of rotatable bonds is 11. The Morgan fingerprint density at radius 3 is 2.03 bits per heavy atom. The lowest BCUT2D eigenvalue weighted by Gasteiger charge is -2.14. The molecule has 11 nitrogen and oxygen atoms in total. The maximum Gasteiger partial charge on any atom is 0.343 e. The first kappa shape index (κ1) is 28.8. The van der Waals surface area contributed by atoms with Crippen LogP contribution in [0.25, 0.3) is 0 Å². The van der Waals surface area contributed by atoms with Crippen LogP contribution in [0.5, 0.6) is 28.7 Å². The summed E-state index contributed by atoms with van der Waals surface area (Å²) in [5.41, 5.74) is 3.40. The number of esters is 1. The molecule has 2 N–H and O–H groups in total. The lowest BCUT2D eigenvalue weighted by atomic mass is 10.1. The van der Waals surface area contributed by atoms with Gasteiger partial charge in [0, 0.05) is 10.6 Å². The van der Waals surface area contributed by atoms with Gasteiger partial charge in [-0.1, -0.05) is 11.6 Å². The van der Waals surface area contributed by atoms with Crippen molar-refractivity contribution in [3.05, 3.63) is 76.3 Å². The number of carbonyl (C=O) groups excluding carboxylic acids is 3. The van der Waals surface area contributed by atoms with Gasteiger partial charge >= 0.3 is 5.97 Å². The number of ether oxygens (including phenoxy) is 5. The molecule has 3 rings (SSSR count). The largest absolute Gasteiger partial charge is 0.493 e. The molecule has 39 heavy (non-hydrogen) atoms. The van der Waals surface area contributed by atoms with Crippen LogP contribution in [0.1, 0.15) is 26.3 Å². The first-order valence-electron chi connectivity index (χ1n) is 11.4. The van der Waals surface area contributed by atoms with Gasteiger partial charge in [0.25, 0.3) is 11.8 Å². The van der Waals surface area contributed by atoms with Crippen molar-refractivity contribution in [2.24, 2.45) is 5.10 Å². The predicted molar refractivity (Wildman–Crippen MR) is 144 cm³/mol. The van der Waals surface area contributed by atoms with Crippen molar-refractivity contribution in [1.29, 1.82) is 0 Å². The molecule has 0 spiro atoms. The molecule has 3 aromatic carbocycles. The molecule has 0 bridgehead atoms. The second-order valence-corrected chi connectivity index (χ2v) is 8.13. The van der Waals surface area contributed by atoms with Gasteiger partial charge in [0.15, 0.2) is 23.0 Å².